The fourth-order valence-corrected chi connectivity index (χ4v) is 5.03. The average molecular weight is 383 g/mol. The molecule has 0 spiro atoms. The normalized spacial score (nSPS) is 24.6. The van der Waals surface area contributed by atoms with Gasteiger partial charge in [-0.3, -0.25) is 0 Å². The minimum Gasteiger partial charge on any atom is -0.341 e. The molecule has 5 rings (SSSR count). The Morgan fingerprint density at radius 1 is 1.04 bits per heavy atom. The second-order valence-corrected chi connectivity index (χ2v) is 7.55. The van der Waals surface area contributed by atoms with Gasteiger partial charge in [-0.15, -0.1) is 0 Å². The quantitative estimate of drug-likeness (QED) is 0.656. The molecule has 3 aliphatic heterocycles. The highest BCUT2D eigenvalue weighted by molar-refractivity contribution is 9.10. The van der Waals surface area contributed by atoms with Crippen molar-refractivity contribution in [3.8, 4) is 0 Å². The molecule has 0 amide bonds. The standard InChI is InChI=1S/C19H15BrN2S/c20-15-7-3-1-6-14(15)17-11-18(23)21-10-9-13-12-5-2-4-8-16(12)22(17)19(13)21/h1-8,11,13,19H,9-10H2. The first-order chi connectivity index (χ1) is 11.3. The topological polar surface area (TPSA) is 6.48 Å². The monoisotopic (exact) mass is 382 g/mol. The number of nitrogens with zero attached hydrogens (tertiary/aromatic N) is 2. The summed E-state index contributed by atoms with van der Waals surface area (Å²) in [6, 6.07) is 17.2. The molecular formula is C19H15BrN2S. The number of fused-ring (bicyclic) bond motifs is 3. The Labute approximate surface area is 149 Å². The van der Waals surface area contributed by atoms with E-state index in [-0.39, 0.29) is 0 Å². The summed E-state index contributed by atoms with van der Waals surface area (Å²) in [7, 11) is 0. The highest BCUT2D eigenvalue weighted by Gasteiger charge is 2.49. The SMILES string of the molecule is S=C1C=C(c2ccccc2Br)N2c3ccccc3C3CCN1C32. The van der Waals surface area contributed by atoms with Crippen LogP contribution in [0, 0.1) is 0 Å². The van der Waals surface area contributed by atoms with Crippen molar-refractivity contribution in [2.75, 3.05) is 11.4 Å². The first-order valence-corrected chi connectivity index (χ1v) is 9.11. The summed E-state index contributed by atoms with van der Waals surface area (Å²) in [5, 5.41) is 0. The molecule has 0 radical (unpaired) electrons. The molecule has 2 unspecified atom stereocenters. The molecular weight excluding hydrogens is 368 g/mol. The molecule has 3 aliphatic rings. The molecule has 114 valence electrons. The zero-order chi connectivity index (χ0) is 15.6. The maximum absolute atomic E-state index is 5.72. The molecule has 0 bridgehead atoms. The molecule has 2 nitrogen and oxygen atoms in total. The van der Waals surface area contributed by atoms with Crippen molar-refractivity contribution in [1.29, 1.82) is 0 Å². The van der Waals surface area contributed by atoms with E-state index >= 15 is 0 Å². The molecule has 0 aliphatic carbocycles. The van der Waals surface area contributed by atoms with Crippen molar-refractivity contribution in [2.45, 2.75) is 18.5 Å². The number of hydrogen-bond donors (Lipinski definition) is 0. The van der Waals surface area contributed by atoms with Gasteiger partial charge >= 0.3 is 0 Å². The van der Waals surface area contributed by atoms with Crippen molar-refractivity contribution in [3.05, 3.63) is 70.2 Å². The summed E-state index contributed by atoms with van der Waals surface area (Å²) >= 11 is 9.43. The van der Waals surface area contributed by atoms with Crippen LogP contribution in [0.15, 0.2) is 59.1 Å². The van der Waals surface area contributed by atoms with Gasteiger partial charge in [0.05, 0.1) is 5.70 Å². The zero-order valence-electron chi connectivity index (χ0n) is 12.4. The Morgan fingerprint density at radius 2 is 1.83 bits per heavy atom. The number of benzene rings is 2. The van der Waals surface area contributed by atoms with Crippen LogP contribution in [0.4, 0.5) is 5.69 Å². The van der Waals surface area contributed by atoms with Crippen molar-refractivity contribution >= 4 is 44.5 Å². The number of halogens is 1. The van der Waals surface area contributed by atoms with E-state index in [0.29, 0.717) is 12.1 Å². The summed E-state index contributed by atoms with van der Waals surface area (Å²) in [6.07, 6.45) is 3.68. The minimum atomic E-state index is 0.340. The maximum atomic E-state index is 5.72. The molecule has 4 heteroatoms. The van der Waals surface area contributed by atoms with Gasteiger partial charge in [-0.05, 0) is 30.2 Å². The Hall–Kier alpha value is -1.65. The predicted molar refractivity (Wildman–Crippen MR) is 101 cm³/mol. The summed E-state index contributed by atoms with van der Waals surface area (Å²) < 4.78 is 1.11. The first-order valence-electron chi connectivity index (χ1n) is 7.91. The Morgan fingerprint density at radius 3 is 2.70 bits per heavy atom. The lowest BCUT2D eigenvalue weighted by Gasteiger charge is -2.40. The van der Waals surface area contributed by atoms with Gasteiger partial charge in [0, 0.05) is 28.2 Å². The lowest BCUT2D eigenvalue weighted by atomic mass is 9.98. The highest BCUT2D eigenvalue weighted by Crippen LogP contribution is 2.52. The summed E-state index contributed by atoms with van der Waals surface area (Å²) in [6.45, 7) is 1.05. The molecule has 2 aromatic carbocycles. The van der Waals surface area contributed by atoms with Crippen LogP contribution < -0.4 is 4.90 Å². The van der Waals surface area contributed by atoms with E-state index in [1.54, 1.807) is 0 Å². The smallest absolute Gasteiger partial charge is 0.114 e. The van der Waals surface area contributed by atoms with Crippen molar-refractivity contribution < 1.29 is 0 Å². The van der Waals surface area contributed by atoms with Crippen LogP contribution in [0.25, 0.3) is 5.70 Å². The van der Waals surface area contributed by atoms with E-state index in [1.807, 2.05) is 0 Å². The lowest BCUT2D eigenvalue weighted by molar-refractivity contribution is 0.392. The van der Waals surface area contributed by atoms with Gasteiger partial charge in [-0.1, -0.05) is 64.5 Å². The molecule has 1 fully saturated rings. The van der Waals surface area contributed by atoms with Gasteiger partial charge in [0.15, 0.2) is 0 Å². The van der Waals surface area contributed by atoms with E-state index in [9.17, 15) is 0 Å². The summed E-state index contributed by atoms with van der Waals surface area (Å²) in [5.41, 5.74) is 5.21. The molecule has 0 aromatic heterocycles. The Bertz CT molecular complexity index is 860. The third kappa shape index (κ3) is 1.82. The molecule has 2 atom stereocenters. The van der Waals surface area contributed by atoms with Crippen LogP contribution in [0.5, 0.6) is 0 Å². The third-order valence-electron chi connectivity index (χ3n) is 5.17. The van der Waals surface area contributed by atoms with Gasteiger partial charge < -0.3 is 9.80 Å². The van der Waals surface area contributed by atoms with Crippen molar-refractivity contribution in [3.63, 3.8) is 0 Å². The van der Waals surface area contributed by atoms with Gasteiger partial charge in [0.25, 0.3) is 0 Å². The highest BCUT2D eigenvalue weighted by atomic mass is 79.9. The predicted octanol–water partition coefficient (Wildman–Crippen LogP) is 4.77. The maximum Gasteiger partial charge on any atom is 0.114 e. The van der Waals surface area contributed by atoms with Gasteiger partial charge in [-0.2, -0.15) is 0 Å². The number of rotatable bonds is 1. The summed E-state index contributed by atoms with van der Waals surface area (Å²) in [4.78, 5) is 5.84. The van der Waals surface area contributed by atoms with Gasteiger partial charge in [0.1, 0.15) is 11.2 Å². The van der Waals surface area contributed by atoms with Crippen LogP contribution in [0.3, 0.4) is 0 Å². The number of anilines is 1. The van der Waals surface area contributed by atoms with Crippen LogP contribution in [-0.4, -0.2) is 22.6 Å². The minimum absolute atomic E-state index is 0.340. The average Bonchev–Trinajstić information content (AvgIpc) is 3.13. The molecule has 23 heavy (non-hydrogen) atoms. The van der Waals surface area contributed by atoms with E-state index in [4.69, 9.17) is 12.2 Å². The van der Waals surface area contributed by atoms with Crippen LogP contribution in [-0.2, 0) is 0 Å². The molecule has 3 heterocycles. The fourth-order valence-electron chi connectivity index (χ4n) is 4.23. The third-order valence-corrected chi connectivity index (χ3v) is 6.22. The van der Waals surface area contributed by atoms with Gasteiger partial charge in [-0.25, -0.2) is 0 Å². The second-order valence-electron chi connectivity index (χ2n) is 6.28. The largest absolute Gasteiger partial charge is 0.341 e. The molecule has 0 N–H and O–H groups in total. The molecule has 0 saturated carbocycles. The zero-order valence-corrected chi connectivity index (χ0v) is 14.8. The number of para-hydroxylation sites is 1. The second kappa shape index (κ2) is 4.92. The Kier molecular flexibility index (Phi) is 2.94. The van der Waals surface area contributed by atoms with E-state index < -0.39 is 0 Å². The van der Waals surface area contributed by atoms with E-state index in [0.717, 1.165) is 16.0 Å². The van der Waals surface area contributed by atoms with Crippen LogP contribution in [0.1, 0.15) is 23.5 Å². The molecule has 2 aromatic rings. The lowest BCUT2D eigenvalue weighted by Crippen LogP contribution is -2.48. The van der Waals surface area contributed by atoms with Gasteiger partial charge in [0.2, 0.25) is 0 Å². The van der Waals surface area contributed by atoms with Crippen LogP contribution in [0.2, 0.25) is 0 Å². The number of thiocarbonyl (C=S) groups is 1. The van der Waals surface area contributed by atoms with Crippen LogP contribution >= 0.6 is 28.1 Å². The summed E-state index contributed by atoms with van der Waals surface area (Å²) in [5.74, 6) is 0.551. The first kappa shape index (κ1) is 13.8. The van der Waals surface area contributed by atoms with E-state index in [1.165, 1.54) is 28.9 Å². The van der Waals surface area contributed by atoms with Crippen molar-refractivity contribution in [1.82, 2.24) is 4.90 Å². The van der Waals surface area contributed by atoms with E-state index in [2.05, 4.69) is 80.3 Å². The molecule has 1 saturated heterocycles. The fraction of sp³-hybridized carbons (Fsp3) is 0.211. The number of hydrogen-bond acceptors (Lipinski definition) is 2. The Balaban J connectivity index is 1.75. The van der Waals surface area contributed by atoms with Crippen molar-refractivity contribution in [2.24, 2.45) is 0 Å².